The number of benzene rings is 2. The van der Waals surface area contributed by atoms with E-state index in [0.29, 0.717) is 0 Å². The smallest absolute Gasteiger partial charge is 0.285 e. The van der Waals surface area contributed by atoms with E-state index >= 15 is 0 Å². The normalized spacial score (nSPS) is 10.4. The number of nitrogens with two attached hydrogens (primary N) is 1. The summed E-state index contributed by atoms with van der Waals surface area (Å²) in [6.45, 7) is 0. The Kier molecular flexibility index (Phi) is 4.67. The van der Waals surface area contributed by atoms with Gasteiger partial charge in [-0.3, -0.25) is 10.2 Å². The second-order valence-electron chi connectivity index (χ2n) is 5.23. The van der Waals surface area contributed by atoms with Crippen LogP contribution in [-0.2, 0) is 0 Å². The van der Waals surface area contributed by atoms with E-state index in [-0.39, 0.29) is 5.69 Å². The van der Waals surface area contributed by atoms with Crippen LogP contribution in [-0.4, -0.2) is 29.9 Å². The van der Waals surface area contributed by atoms with Gasteiger partial charge in [0.05, 0.1) is 25.6 Å². The van der Waals surface area contributed by atoms with E-state index in [9.17, 15) is 4.79 Å². The lowest BCUT2D eigenvalue weighted by atomic mass is 10.1. The van der Waals surface area contributed by atoms with Crippen molar-refractivity contribution in [2.75, 3.05) is 14.2 Å². The molecule has 0 saturated heterocycles. The molecule has 0 aliphatic heterocycles. The average molecular weight is 338 g/mol. The Morgan fingerprint density at radius 1 is 1.00 bits per heavy atom. The van der Waals surface area contributed by atoms with E-state index in [1.165, 1.54) is 0 Å². The molecule has 0 aliphatic rings. The number of aromatic nitrogens is 2. The van der Waals surface area contributed by atoms with Gasteiger partial charge in [-0.2, -0.15) is 5.10 Å². The van der Waals surface area contributed by atoms with Gasteiger partial charge >= 0.3 is 0 Å². The van der Waals surface area contributed by atoms with Gasteiger partial charge in [0.1, 0.15) is 11.5 Å². The van der Waals surface area contributed by atoms with Crippen molar-refractivity contribution in [3.05, 3.63) is 60.3 Å². The fourth-order valence-corrected chi connectivity index (χ4v) is 2.45. The highest BCUT2D eigenvalue weighted by atomic mass is 16.5. The monoisotopic (exact) mass is 338 g/mol. The van der Waals surface area contributed by atoms with Gasteiger partial charge in [-0.15, -0.1) is 0 Å². The molecule has 1 aromatic heterocycles. The molecular formula is C18H18N4O3. The number of nitrogens with one attached hydrogen (secondary N) is 1. The Bertz CT molecular complexity index is 805. The van der Waals surface area contributed by atoms with Crippen molar-refractivity contribution >= 4 is 5.91 Å². The Hall–Kier alpha value is -3.32. The van der Waals surface area contributed by atoms with Crippen molar-refractivity contribution in [1.82, 2.24) is 15.2 Å². The summed E-state index contributed by atoms with van der Waals surface area (Å²) in [5, 5.41) is 4.38. The van der Waals surface area contributed by atoms with Crippen LogP contribution < -0.4 is 20.7 Å². The van der Waals surface area contributed by atoms with Gasteiger partial charge in [0.2, 0.25) is 0 Å². The summed E-state index contributed by atoms with van der Waals surface area (Å²) in [6.07, 6.45) is 0. The van der Waals surface area contributed by atoms with Crippen molar-refractivity contribution in [2.24, 2.45) is 5.84 Å². The predicted molar refractivity (Wildman–Crippen MR) is 93.8 cm³/mol. The van der Waals surface area contributed by atoms with Crippen molar-refractivity contribution in [1.29, 1.82) is 0 Å². The molecule has 1 amide bonds. The van der Waals surface area contributed by atoms with E-state index in [4.69, 9.17) is 15.3 Å². The van der Waals surface area contributed by atoms with Gasteiger partial charge in [0.15, 0.2) is 5.69 Å². The van der Waals surface area contributed by atoms with E-state index in [1.807, 2.05) is 48.5 Å². The number of ether oxygens (including phenoxy) is 2. The molecule has 7 nitrogen and oxygen atoms in total. The first-order chi connectivity index (χ1) is 12.2. The SMILES string of the molecule is COc1ccc(-c2cc(C(=O)NN)nn2-c2ccc(OC)cc2)cc1. The van der Waals surface area contributed by atoms with Crippen LogP contribution in [0.4, 0.5) is 0 Å². The zero-order valence-electron chi connectivity index (χ0n) is 13.9. The van der Waals surface area contributed by atoms with Crippen molar-refractivity contribution in [2.45, 2.75) is 0 Å². The van der Waals surface area contributed by atoms with Crippen LogP contribution in [0.25, 0.3) is 16.9 Å². The number of hydrogen-bond acceptors (Lipinski definition) is 5. The largest absolute Gasteiger partial charge is 0.497 e. The van der Waals surface area contributed by atoms with Gasteiger partial charge in [-0.1, -0.05) is 0 Å². The quantitative estimate of drug-likeness (QED) is 0.423. The fraction of sp³-hybridized carbons (Fsp3) is 0.111. The number of amides is 1. The lowest BCUT2D eigenvalue weighted by Crippen LogP contribution is -2.30. The Morgan fingerprint density at radius 3 is 2.08 bits per heavy atom. The first-order valence-corrected chi connectivity index (χ1v) is 7.56. The second kappa shape index (κ2) is 7.06. The summed E-state index contributed by atoms with van der Waals surface area (Å²) < 4.78 is 12.1. The minimum absolute atomic E-state index is 0.226. The van der Waals surface area contributed by atoms with Gasteiger partial charge in [-0.25, -0.2) is 10.5 Å². The van der Waals surface area contributed by atoms with Gasteiger partial charge in [0.25, 0.3) is 5.91 Å². The maximum Gasteiger partial charge on any atom is 0.285 e. The summed E-state index contributed by atoms with van der Waals surface area (Å²) in [6, 6.07) is 16.6. The number of hydrogen-bond donors (Lipinski definition) is 2. The number of methoxy groups -OCH3 is 2. The standard InChI is InChI=1S/C18H18N4O3/c1-24-14-7-3-12(4-8-14)17-11-16(18(23)20-19)21-22(17)13-5-9-15(25-2)10-6-13/h3-11H,19H2,1-2H3,(H,20,23). The molecule has 3 rings (SSSR count). The molecule has 0 saturated carbocycles. The van der Waals surface area contributed by atoms with Crippen LogP contribution >= 0.6 is 0 Å². The summed E-state index contributed by atoms with van der Waals surface area (Å²) in [5.74, 6) is 6.27. The molecule has 128 valence electrons. The van der Waals surface area contributed by atoms with Gasteiger partial charge in [-0.05, 0) is 54.6 Å². The predicted octanol–water partition coefficient (Wildman–Crippen LogP) is 2.16. The van der Waals surface area contributed by atoms with Crippen LogP contribution in [0, 0.1) is 0 Å². The minimum atomic E-state index is -0.456. The second-order valence-corrected chi connectivity index (χ2v) is 5.23. The summed E-state index contributed by atoms with van der Waals surface area (Å²) in [4.78, 5) is 11.9. The minimum Gasteiger partial charge on any atom is -0.497 e. The number of rotatable bonds is 5. The molecule has 3 aromatic rings. The lowest BCUT2D eigenvalue weighted by molar-refractivity contribution is 0.0948. The van der Waals surface area contributed by atoms with E-state index < -0.39 is 5.91 Å². The van der Waals surface area contributed by atoms with Crippen molar-refractivity contribution < 1.29 is 14.3 Å². The van der Waals surface area contributed by atoms with Crippen LogP contribution in [0.1, 0.15) is 10.5 Å². The maximum absolute atomic E-state index is 11.9. The van der Waals surface area contributed by atoms with Crippen LogP contribution in [0.5, 0.6) is 11.5 Å². The number of hydrazine groups is 1. The molecule has 0 spiro atoms. The zero-order valence-corrected chi connectivity index (χ0v) is 13.9. The molecule has 0 fully saturated rings. The number of carbonyl (C=O) groups excluding carboxylic acids is 1. The molecule has 1 heterocycles. The molecule has 0 atom stereocenters. The third-order valence-corrected chi connectivity index (χ3v) is 3.78. The molecule has 3 N–H and O–H groups in total. The summed E-state index contributed by atoms with van der Waals surface area (Å²) in [5.41, 5.74) is 4.77. The van der Waals surface area contributed by atoms with E-state index in [1.54, 1.807) is 25.0 Å². The third kappa shape index (κ3) is 3.31. The molecule has 7 heteroatoms. The van der Waals surface area contributed by atoms with E-state index in [0.717, 1.165) is 28.4 Å². The first-order valence-electron chi connectivity index (χ1n) is 7.56. The van der Waals surface area contributed by atoms with Gasteiger partial charge < -0.3 is 9.47 Å². The molecule has 0 aliphatic carbocycles. The van der Waals surface area contributed by atoms with Crippen LogP contribution in [0.3, 0.4) is 0 Å². The lowest BCUT2D eigenvalue weighted by Gasteiger charge is -2.09. The molecule has 0 bridgehead atoms. The molecule has 25 heavy (non-hydrogen) atoms. The average Bonchev–Trinajstić information content (AvgIpc) is 3.13. The molecule has 0 unspecified atom stereocenters. The van der Waals surface area contributed by atoms with Gasteiger partial charge in [0, 0.05) is 5.56 Å². The number of nitrogen functional groups attached to an aromatic ring is 1. The number of carbonyl (C=O) groups is 1. The zero-order chi connectivity index (χ0) is 17.8. The maximum atomic E-state index is 11.9. The first kappa shape index (κ1) is 16.5. The fourth-order valence-electron chi connectivity index (χ4n) is 2.45. The Balaban J connectivity index is 2.10. The van der Waals surface area contributed by atoms with Crippen molar-refractivity contribution in [3.63, 3.8) is 0 Å². The molecule has 2 aromatic carbocycles. The van der Waals surface area contributed by atoms with Crippen molar-refractivity contribution in [3.8, 4) is 28.4 Å². The Morgan fingerprint density at radius 2 is 1.56 bits per heavy atom. The topological polar surface area (TPSA) is 91.4 Å². The summed E-state index contributed by atoms with van der Waals surface area (Å²) in [7, 11) is 3.22. The highest BCUT2D eigenvalue weighted by molar-refractivity contribution is 5.93. The van der Waals surface area contributed by atoms with Crippen LogP contribution in [0.2, 0.25) is 0 Å². The highest BCUT2D eigenvalue weighted by Gasteiger charge is 2.16. The number of nitrogens with zero attached hydrogens (tertiary/aromatic N) is 2. The summed E-state index contributed by atoms with van der Waals surface area (Å²) >= 11 is 0. The molecule has 0 radical (unpaired) electrons. The van der Waals surface area contributed by atoms with Crippen LogP contribution in [0.15, 0.2) is 54.6 Å². The Labute approximate surface area is 144 Å². The highest BCUT2D eigenvalue weighted by Crippen LogP contribution is 2.27. The third-order valence-electron chi connectivity index (χ3n) is 3.78. The van der Waals surface area contributed by atoms with E-state index in [2.05, 4.69) is 10.5 Å². The molecular weight excluding hydrogens is 320 g/mol.